The van der Waals surface area contributed by atoms with Crippen LogP contribution < -0.4 is 5.32 Å². The Bertz CT molecular complexity index is 664. The number of hydrogen-bond acceptors (Lipinski definition) is 2. The van der Waals surface area contributed by atoms with Crippen molar-refractivity contribution < 1.29 is 8.81 Å². The highest BCUT2D eigenvalue weighted by Crippen LogP contribution is 2.27. The molecular weight excluding hydrogens is 253 g/mol. The summed E-state index contributed by atoms with van der Waals surface area (Å²) in [5.74, 6) is 0.529. The van der Waals surface area contributed by atoms with E-state index >= 15 is 0 Å². The van der Waals surface area contributed by atoms with Crippen molar-refractivity contribution in [1.82, 2.24) is 0 Å². The topological polar surface area (TPSA) is 25.2 Å². The first-order valence-electron chi connectivity index (χ1n) is 6.43. The van der Waals surface area contributed by atoms with Crippen LogP contribution in [0.5, 0.6) is 0 Å². The van der Waals surface area contributed by atoms with Crippen molar-refractivity contribution in [2.75, 3.05) is 5.32 Å². The van der Waals surface area contributed by atoms with Crippen LogP contribution in [0.15, 0.2) is 77.4 Å². The Balaban J connectivity index is 1.95. The Kier molecular flexibility index (Phi) is 3.50. The molecule has 0 saturated heterocycles. The molecule has 0 aliphatic heterocycles. The van der Waals surface area contributed by atoms with E-state index in [0.29, 0.717) is 0 Å². The molecule has 20 heavy (non-hydrogen) atoms. The highest BCUT2D eigenvalue weighted by Gasteiger charge is 2.16. The molecule has 3 aromatic rings. The number of nitrogens with one attached hydrogen (secondary N) is 1. The molecule has 2 nitrogen and oxygen atoms in total. The molecule has 1 atom stereocenters. The zero-order valence-corrected chi connectivity index (χ0v) is 10.8. The minimum atomic E-state index is -0.263. The van der Waals surface area contributed by atoms with E-state index in [0.717, 1.165) is 17.0 Å². The quantitative estimate of drug-likeness (QED) is 0.746. The van der Waals surface area contributed by atoms with Crippen LogP contribution in [0.25, 0.3) is 0 Å². The maximum absolute atomic E-state index is 13.3. The van der Waals surface area contributed by atoms with Gasteiger partial charge in [-0.15, -0.1) is 0 Å². The molecular formula is C17H14FNO. The van der Waals surface area contributed by atoms with Crippen LogP contribution in [0.2, 0.25) is 0 Å². The summed E-state index contributed by atoms with van der Waals surface area (Å²) >= 11 is 0. The molecule has 0 bridgehead atoms. The van der Waals surface area contributed by atoms with Crippen molar-refractivity contribution in [3.05, 3.63) is 90.1 Å². The van der Waals surface area contributed by atoms with Crippen LogP contribution in [0.3, 0.4) is 0 Å². The summed E-state index contributed by atoms with van der Waals surface area (Å²) in [6.45, 7) is 0. The van der Waals surface area contributed by atoms with Gasteiger partial charge in [-0.3, -0.25) is 0 Å². The molecule has 100 valence electrons. The molecule has 0 amide bonds. The Morgan fingerprint density at radius 3 is 2.45 bits per heavy atom. The lowest BCUT2D eigenvalue weighted by atomic mass is 10.0. The standard InChI is InChI=1S/C17H14FNO/c18-14-8-4-9-15(12-14)19-17(16-10-5-11-20-16)13-6-2-1-3-7-13/h1-12,17,19H. The van der Waals surface area contributed by atoms with E-state index in [-0.39, 0.29) is 11.9 Å². The van der Waals surface area contributed by atoms with Crippen molar-refractivity contribution in [2.24, 2.45) is 0 Å². The third-order valence-electron chi connectivity index (χ3n) is 3.10. The summed E-state index contributed by atoms with van der Waals surface area (Å²) in [4.78, 5) is 0. The maximum atomic E-state index is 13.3. The van der Waals surface area contributed by atoms with Gasteiger partial charge in [0.25, 0.3) is 0 Å². The highest BCUT2D eigenvalue weighted by atomic mass is 19.1. The molecule has 1 N–H and O–H groups in total. The second-order valence-electron chi connectivity index (χ2n) is 4.51. The summed E-state index contributed by atoms with van der Waals surface area (Å²) in [6, 6.07) is 20.0. The molecule has 2 aromatic carbocycles. The minimum Gasteiger partial charge on any atom is -0.467 e. The van der Waals surface area contributed by atoms with Crippen LogP contribution in [-0.4, -0.2) is 0 Å². The zero-order chi connectivity index (χ0) is 13.8. The van der Waals surface area contributed by atoms with E-state index in [4.69, 9.17) is 4.42 Å². The summed E-state index contributed by atoms with van der Waals surface area (Å²) in [7, 11) is 0. The van der Waals surface area contributed by atoms with Crippen LogP contribution in [-0.2, 0) is 0 Å². The van der Waals surface area contributed by atoms with Gasteiger partial charge >= 0.3 is 0 Å². The Morgan fingerprint density at radius 2 is 1.75 bits per heavy atom. The van der Waals surface area contributed by atoms with E-state index in [1.165, 1.54) is 12.1 Å². The molecule has 0 spiro atoms. The van der Waals surface area contributed by atoms with Crippen LogP contribution in [0, 0.1) is 5.82 Å². The van der Waals surface area contributed by atoms with Crippen molar-refractivity contribution in [2.45, 2.75) is 6.04 Å². The van der Waals surface area contributed by atoms with Gasteiger partial charge in [0, 0.05) is 5.69 Å². The molecule has 1 unspecified atom stereocenters. The molecule has 0 saturated carbocycles. The lowest BCUT2D eigenvalue weighted by Gasteiger charge is -2.18. The zero-order valence-electron chi connectivity index (χ0n) is 10.8. The number of furan rings is 1. The first-order chi connectivity index (χ1) is 9.83. The summed E-state index contributed by atoms with van der Waals surface area (Å²) in [6.07, 6.45) is 1.64. The second kappa shape index (κ2) is 5.61. The fraction of sp³-hybridized carbons (Fsp3) is 0.0588. The molecule has 0 aliphatic carbocycles. The van der Waals surface area contributed by atoms with E-state index in [9.17, 15) is 4.39 Å². The molecule has 0 radical (unpaired) electrons. The number of halogens is 1. The predicted molar refractivity (Wildman–Crippen MR) is 77.0 cm³/mol. The molecule has 1 aromatic heterocycles. The van der Waals surface area contributed by atoms with Gasteiger partial charge in [0.15, 0.2) is 0 Å². The third-order valence-corrected chi connectivity index (χ3v) is 3.10. The summed E-state index contributed by atoms with van der Waals surface area (Å²) < 4.78 is 18.8. The average molecular weight is 267 g/mol. The van der Waals surface area contributed by atoms with Gasteiger partial charge in [-0.05, 0) is 35.9 Å². The maximum Gasteiger partial charge on any atom is 0.130 e. The number of rotatable bonds is 4. The Labute approximate surface area is 116 Å². The smallest absolute Gasteiger partial charge is 0.130 e. The summed E-state index contributed by atoms with van der Waals surface area (Å²) in [5, 5.41) is 3.30. The second-order valence-corrected chi connectivity index (χ2v) is 4.51. The molecule has 1 heterocycles. The van der Waals surface area contributed by atoms with Crippen molar-refractivity contribution >= 4 is 5.69 Å². The Morgan fingerprint density at radius 1 is 0.900 bits per heavy atom. The molecule has 3 heteroatoms. The lowest BCUT2D eigenvalue weighted by molar-refractivity contribution is 0.499. The average Bonchev–Trinajstić information content (AvgIpc) is 3.00. The monoisotopic (exact) mass is 267 g/mol. The third kappa shape index (κ3) is 2.72. The van der Waals surface area contributed by atoms with Gasteiger partial charge in [-0.2, -0.15) is 0 Å². The van der Waals surface area contributed by atoms with Gasteiger partial charge in [0.2, 0.25) is 0 Å². The normalized spacial score (nSPS) is 12.1. The Hall–Kier alpha value is -2.55. The van der Waals surface area contributed by atoms with Gasteiger partial charge in [-0.1, -0.05) is 36.4 Å². The molecule has 3 rings (SSSR count). The van der Waals surface area contributed by atoms with Crippen molar-refractivity contribution in [3.8, 4) is 0 Å². The first kappa shape index (κ1) is 12.5. The van der Waals surface area contributed by atoms with Gasteiger partial charge in [0.05, 0.1) is 6.26 Å². The van der Waals surface area contributed by atoms with Crippen LogP contribution >= 0.6 is 0 Å². The SMILES string of the molecule is Fc1cccc(NC(c2ccccc2)c2ccco2)c1. The van der Waals surface area contributed by atoms with E-state index in [2.05, 4.69) is 5.32 Å². The van der Waals surface area contributed by atoms with Gasteiger partial charge < -0.3 is 9.73 Å². The molecule has 0 aliphatic rings. The summed E-state index contributed by atoms with van der Waals surface area (Å²) in [5.41, 5.74) is 1.78. The van der Waals surface area contributed by atoms with Crippen molar-refractivity contribution in [3.63, 3.8) is 0 Å². The predicted octanol–water partition coefficient (Wildman–Crippen LogP) is 4.62. The first-order valence-corrected chi connectivity index (χ1v) is 6.43. The van der Waals surface area contributed by atoms with Crippen molar-refractivity contribution in [1.29, 1.82) is 0 Å². The van der Waals surface area contributed by atoms with Gasteiger partial charge in [-0.25, -0.2) is 4.39 Å². The highest BCUT2D eigenvalue weighted by molar-refractivity contribution is 5.48. The number of benzene rings is 2. The minimum absolute atomic E-state index is 0.145. The van der Waals surface area contributed by atoms with E-state index in [1.807, 2.05) is 48.5 Å². The van der Waals surface area contributed by atoms with Crippen LogP contribution in [0.4, 0.5) is 10.1 Å². The van der Waals surface area contributed by atoms with Crippen LogP contribution in [0.1, 0.15) is 17.4 Å². The van der Waals surface area contributed by atoms with E-state index in [1.54, 1.807) is 12.3 Å². The largest absolute Gasteiger partial charge is 0.467 e. The molecule has 0 fully saturated rings. The van der Waals surface area contributed by atoms with Gasteiger partial charge in [0.1, 0.15) is 17.6 Å². The van der Waals surface area contributed by atoms with E-state index < -0.39 is 0 Å². The fourth-order valence-electron chi connectivity index (χ4n) is 2.16. The number of hydrogen-bond donors (Lipinski definition) is 1. The lowest BCUT2D eigenvalue weighted by Crippen LogP contribution is -2.11. The fourth-order valence-corrected chi connectivity index (χ4v) is 2.16. The number of anilines is 1.